The van der Waals surface area contributed by atoms with E-state index in [1.807, 2.05) is 23.1 Å². The molecule has 0 aliphatic carbocycles. The van der Waals surface area contributed by atoms with Gasteiger partial charge in [-0.1, -0.05) is 31.7 Å². The van der Waals surface area contributed by atoms with Crippen molar-refractivity contribution in [2.75, 3.05) is 26.2 Å². The largest absolute Gasteiger partial charge is 0.481 e. The summed E-state index contributed by atoms with van der Waals surface area (Å²) in [7, 11) is 0. The van der Waals surface area contributed by atoms with E-state index in [-0.39, 0.29) is 44.2 Å². The van der Waals surface area contributed by atoms with Crippen LogP contribution in [0.15, 0.2) is 24.4 Å². The number of nitrogens with zero attached hydrogens (tertiary/aromatic N) is 2. The lowest BCUT2D eigenvalue weighted by molar-refractivity contribution is -0.142. The van der Waals surface area contributed by atoms with E-state index >= 15 is 0 Å². The molecule has 0 aliphatic heterocycles. The third kappa shape index (κ3) is 24.1. The van der Waals surface area contributed by atoms with Gasteiger partial charge in [0.15, 0.2) is 0 Å². The molecule has 4 amide bonds. The quantitative estimate of drug-likeness (QED) is 0.0531. The van der Waals surface area contributed by atoms with Crippen LogP contribution in [0.25, 0.3) is 0 Å². The highest BCUT2D eigenvalue weighted by Gasteiger charge is 2.21. The van der Waals surface area contributed by atoms with Crippen molar-refractivity contribution in [2.45, 2.75) is 115 Å². The number of urea groups is 1. The number of hydrogen-bond donors (Lipinski definition) is 8. The fraction of sp³-hybridized carbons (Fsp3) is 0.647. The van der Waals surface area contributed by atoms with Crippen LogP contribution in [0.4, 0.5) is 4.79 Å². The molecule has 2 unspecified atom stereocenters. The maximum Gasteiger partial charge on any atom is 0.326 e. The summed E-state index contributed by atoms with van der Waals surface area (Å²) < 4.78 is 0. The van der Waals surface area contributed by atoms with Gasteiger partial charge in [0.2, 0.25) is 11.8 Å². The lowest BCUT2D eigenvalue weighted by atomic mass is 10.1. The zero-order chi connectivity index (χ0) is 37.9. The number of carbonyl (C=O) groups excluding carboxylic acids is 3. The van der Waals surface area contributed by atoms with Gasteiger partial charge in [-0.15, -0.1) is 0 Å². The number of unbranched alkanes of at least 4 members (excludes halogenated alkanes) is 7. The maximum absolute atomic E-state index is 12.3. The van der Waals surface area contributed by atoms with E-state index in [0.29, 0.717) is 58.2 Å². The Labute approximate surface area is 298 Å². The van der Waals surface area contributed by atoms with Gasteiger partial charge < -0.3 is 41.7 Å². The second-order valence-electron chi connectivity index (χ2n) is 12.3. The van der Waals surface area contributed by atoms with E-state index in [1.54, 1.807) is 6.20 Å². The van der Waals surface area contributed by atoms with Crippen molar-refractivity contribution in [3.05, 3.63) is 30.1 Å². The number of carboxylic acids is 4. The summed E-state index contributed by atoms with van der Waals surface area (Å²) in [5.41, 5.74) is 0.827. The zero-order valence-corrected chi connectivity index (χ0v) is 29.1. The normalized spacial score (nSPS) is 12.0. The molecule has 286 valence electrons. The van der Waals surface area contributed by atoms with Crippen molar-refractivity contribution in [3.8, 4) is 0 Å². The summed E-state index contributed by atoms with van der Waals surface area (Å²) in [6.45, 7) is 1.79. The molecular weight excluding hydrogens is 668 g/mol. The maximum atomic E-state index is 12.3. The smallest absolute Gasteiger partial charge is 0.326 e. The van der Waals surface area contributed by atoms with Gasteiger partial charge in [0.25, 0.3) is 0 Å². The van der Waals surface area contributed by atoms with Crippen molar-refractivity contribution in [1.82, 2.24) is 31.2 Å². The molecule has 0 aliphatic rings. The molecule has 0 saturated carbocycles. The number of rotatable bonds is 30. The highest BCUT2D eigenvalue weighted by atomic mass is 16.4. The van der Waals surface area contributed by atoms with Crippen molar-refractivity contribution >= 4 is 41.7 Å². The monoisotopic (exact) mass is 722 g/mol. The van der Waals surface area contributed by atoms with Crippen molar-refractivity contribution < 1.29 is 54.0 Å². The number of nitrogens with one attached hydrogen (secondary N) is 4. The van der Waals surface area contributed by atoms with Gasteiger partial charge in [0, 0.05) is 45.1 Å². The van der Waals surface area contributed by atoms with Crippen molar-refractivity contribution in [2.24, 2.45) is 0 Å². The average Bonchev–Trinajstić information content (AvgIpc) is 3.06. The molecule has 51 heavy (non-hydrogen) atoms. The minimum absolute atomic E-state index is 0.0314. The van der Waals surface area contributed by atoms with Gasteiger partial charge in [-0.3, -0.25) is 29.1 Å². The predicted molar refractivity (Wildman–Crippen MR) is 185 cm³/mol. The Kier molecular flexibility index (Phi) is 23.4. The van der Waals surface area contributed by atoms with E-state index in [9.17, 15) is 43.8 Å². The van der Waals surface area contributed by atoms with E-state index in [2.05, 4.69) is 26.3 Å². The van der Waals surface area contributed by atoms with Crippen LogP contribution in [0.2, 0.25) is 0 Å². The van der Waals surface area contributed by atoms with E-state index in [4.69, 9.17) is 10.2 Å². The summed E-state index contributed by atoms with van der Waals surface area (Å²) in [4.78, 5) is 87.0. The third-order valence-corrected chi connectivity index (χ3v) is 7.84. The zero-order valence-electron chi connectivity index (χ0n) is 29.1. The van der Waals surface area contributed by atoms with Crippen LogP contribution in [-0.4, -0.2) is 110 Å². The Morgan fingerprint density at radius 2 is 1.24 bits per heavy atom. The second-order valence-corrected chi connectivity index (χ2v) is 12.3. The lowest BCUT2D eigenvalue weighted by Gasteiger charge is -2.19. The van der Waals surface area contributed by atoms with Crippen LogP contribution >= 0.6 is 0 Å². The first-order chi connectivity index (χ1) is 24.4. The summed E-state index contributed by atoms with van der Waals surface area (Å²) in [5, 5.41) is 46.5. The Bertz CT molecular complexity index is 1230. The van der Waals surface area contributed by atoms with Crippen LogP contribution in [0.5, 0.6) is 0 Å². The second kappa shape index (κ2) is 27.0. The fourth-order valence-electron chi connectivity index (χ4n) is 5.11. The van der Waals surface area contributed by atoms with E-state index in [1.165, 1.54) is 0 Å². The molecule has 2 atom stereocenters. The van der Waals surface area contributed by atoms with Crippen molar-refractivity contribution in [1.29, 1.82) is 0 Å². The SMILES string of the molecule is O=C(O)CCC(NC(=O)NCCCCC(NC(=O)CCCCCCC(=O)NCCCCCCN(CC(=O)O)Cc1ccccn1)C(=O)O)C(=O)O. The lowest BCUT2D eigenvalue weighted by Crippen LogP contribution is -2.46. The Morgan fingerprint density at radius 1 is 0.627 bits per heavy atom. The minimum atomic E-state index is -1.36. The highest BCUT2D eigenvalue weighted by molar-refractivity contribution is 5.84. The first-order valence-electron chi connectivity index (χ1n) is 17.5. The molecular formula is C34H54N6O11. The molecule has 1 heterocycles. The Balaban J connectivity index is 2.10. The van der Waals surface area contributed by atoms with E-state index < -0.39 is 48.4 Å². The number of pyridine rings is 1. The molecule has 8 N–H and O–H groups in total. The predicted octanol–water partition coefficient (Wildman–Crippen LogP) is 2.34. The van der Waals surface area contributed by atoms with E-state index in [0.717, 1.165) is 37.8 Å². The molecule has 0 bridgehead atoms. The first-order valence-corrected chi connectivity index (χ1v) is 17.5. The van der Waals surface area contributed by atoms with Gasteiger partial charge in [-0.25, -0.2) is 14.4 Å². The van der Waals surface area contributed by atoms with Crippen LogP contribution < -0.4 is 21.3 Å². The number of amides is 4. The molecule has 0 aromatic carbocycles. The summed E-state index contributed by atoms with van der Waals surface area (Å²) >= 11 is 0. The van der Waals surface area contributed by atoms with Crippen LogP contribution in [0, 0.1) is 0 Å². The summed E-state index contributed by atoms with van der Waals surface area (Å²) in [6, 6.07) is 2.34. The molecule has 17 heteroatoms. The molecule has 17 nitrogen and oxygen atoms in total. The Hall–Kier alpha value is -4.80. The van der Waals surface area contributed by atoms with Crippen LogP contribution in [0.1, 0.15) is 102 Å². The third-order valence-electron chi connectivity index (χ3n) is 7.84. The number of aromatic nitrogens is 1. The number of carboxylic acid groups (broad SMARTS) is 4. The Morgan fingerprint density at radius 3 is 1.86 bits per heavy atom. The standard InChI is InChI=1S/C34H54N6O11/c41-28(36-20-9-3-4-12-22-40(24-31(45)46)23-25-13-7-10-19-35-25)15-5-1-2-6-16-29(42)38-26(32(47)48)14-8-11-21-37-34(51)39-27(33(49)50)17-18-30(43)44/h7,10,13,19,26-27H,1-6,8-9,11-12,14-18,20-24H2,(H,36,41)(H,38,42)(H,43,44)(H,45,46)(H,47,48)(H,49,50)(H2,37,39,51). The number of aliphatic carboxylic acids is 4. The molecule has 1 rings (SSSR count). The fourth-order valence-corrected chi connectivity index (χ4v) is 5.11. The molecule has 1 aromatic heterocycles. The number of hydrogen-bond acceptors (Lipinski definition) is 9. The molecule has 0 radical (unpaired) electrons. The van der Waals surface area contributed by atoms with Crippen molar-refractivity contribution in [3.63, 3.8) is 0 Å². The molecule has 0 fully saturated rings. The molecule has 1 aromatic rings. The summed E-state index contributed by atoms with van der Waals surface area (Å²) in [6.07, 6.45) is 8.61. The molecule has 0 spiro atoms. The topological polar surface area (TPSA) is 265 Å². The van der Waals surface area contributed by atoms with Gasteiger partial charge in [-0.2, -0.15) is 0 Å². The van der Waals surface area contributed by atoms with Gasteiger partial charge in [-0.05, 0) is 70.0 Å². The van der Waals surface area contributed by atoms with Crippen LogP contribution in [0.3, 0.4) is 0 Å². The van der Waals surface area contributed by atoms with Crippen LogP contribution in [-0.2, 0) is 35.3 Å². The minimum Gasteiger partial charge on any atom is -0.481 e. The van der Waals surface area contributed by atoms with Gasteiger partial charge >= 0.3 is 29.9 Å². The summed E-state index contributed by atoms with van der Waals surface area (Å²) in [5.74, 6) is -5.01. The average molecular weight is 723 g/mol. The first kappa shape index (κ1) is 44.2. The van der Waals surface area contributed by atoms with Gasteiger partial charge in [0.1, 0.15) is 12.1 Å². The molecule has 0 saturated heterocycles. The number of carbonyl (C=O) groups is 7. The highest BCUT2D eigenvalue weighted by Crippen LogP contribution is 2.09. The van der Waals surface area contributed by atoms with Gasteiger partial charge in [0.05, 0.1) is 12.2 Å².